The van der Waals surface area contributed by atoms with Gasteiger partial charge < -0.3 is 15.8 Å². The van der Waals surface area contributed by atoms with Crippen molar-refractivity contribution >= 4 is 51.1 Å². The van der Waals surface area contributed by atoms with Crippen LogP contribution in [0.15, 0.2) is 4.99 Å². The Morgan fingerprint density at radius 3 is 2.84 bits per heavy atom. The van der Waals surface area contributed by atoms with Gasteiger partial charge in [-0.1, -0.05) is 18.7 Å². The van der Waals surface area contributed by atoms with Crippen LogP contribution in [-0.4, -0.2) is 35.3 Å². The van der Waals surface area contributed by atoms with Crippen LogP contribution in [0.4, 0.5) is 5.00 Å². The predicted octanol–water partition coefficient (Wildman–Crippen LogP) is 1.94. The second kappa shape index (κ2) is 7.17. The Morgan fingerprint density at radius 2 is 2.20 bits per heavy atom. The highest BCUT2D eigenvalue weighted by atomic mass is 32.2. The fourth-order valence-corrected chi connectivity index (χ4v) is 5.27. The number of thiophene rings is 1. The first-order valence-electron chi connectivity index (χ1n) is 7.96. The number of anilines is 1. The van der Waals surface area contributed by atoms with E-state index < -0.39 is 17.1 Å². The number of carbonyl (C=O) groups excluding carboxylic acids is 3. The van der Waals surface area contributed by atoms with Gasteiger partial charge in [-0.15, -0.1) is 11.3 Å². The average molecular weight is 381 g/mol. The first-order valence-corrected chi connectivity index (χ1v) is 9.66. The summed E-state index contributed by atoms with van der Waals surface area (Å²) in [5, 5.41) is 2.86. The van der Waals surface area contributed by atoms with Gasteiger partial charge >= 0.3 is 5.97 Å². The first-order chi connectivity index (χ1) is 11.9. The molecule has 2 heterocycles. The van der Waals surface area contributed by atoms with Crippen LogP contribution in [0.3, 0.4) is 0 Å². The number of hydrogen-bond donors (Lipinski definition) is 2. The molecule has 1 aliphatic carbocycles. The van der Waals surface area contributed by atoms with Gasteiger partial charge in [-0.05, 0) is 30.7 Å². The maximum Gasteiger partial charge on any atom is 0.341 e. The first kappa shape index (κ1) is 17.9. The molecule has 0 saturated heterocycles. The number of aliphatic imine (C=N–C) groups is 1. The average Bonchev–Trinajstić information content (AvgIpc) is 3.05. The van der Waals surface area contributed by atoms with Crippen LogP contribution in [-0.2, 0) is 27.2 Å². The summed E-state index contributed by atoms with van der Waals surface area (Å²) < 4.78 is 4.90. The Labute approximate surface area is 153 Å². The SMILES string of the molecule is COC(=O)c1c(NC(=O)C[C@H]2SC(N)=NC2=O)sc2c1CC[C@@H](C)C2. The molecule has 0 saturated carbocycles. The predicted molar refractivity (Wildman–Crippen MR) is 98.1 cm³/mol. The van der Waals surface area contributed by atoms with Gasteiger partial charge in [-0.3, -0.25) is 9.59 Å². The number of amidine groups is 1. The Hall–Kier alpha value is -1.87. The Morgan fingerprint density at radius 1 is 1.44 bits per heavy atom. The number of esters is 1. The summed E-state index contributed by atoms with van der Waals surface area (Å²) >= 11 is 2.50. The van der Waals surface area contributed by atoms with Crippen molar-refractivity contribution in [1.82, 2.24) is 0 Å². The topological polar surface area (TPSA) is 111 Å². The number of fused-ring (bicyclic) bond motifs is 1. The van der Waals surface area contributed by atoms with Crippen molar-refractivity contribution < 1.29 is 19.1 Å². The molecule has 134 valence electrons. The molecule has 9 heteroatoms. The lowest BCUT2D eigenvalue weighted by Crippen LogP contribution is -2.22. The number of rotatable bonds is 4. The fraction of sp³-hybridized carbons (Fsp3) is 0.500. The summed E-state index contributed by atoms with van der Waals surface area (Å²) in [5.41, 5.74) is 6.93. The quantitative estimate of drug-likeness (QED) is 0.771. The van der Waals surface area contributed by atoms with Crippen LogP contribution in [0.1, 0.15) is 40.6 Å². The van der Waals surface area contributed by atoms with Crippen molar-refractivity contribution in [3.8, 4) is 0 Å². The molecule has 2 amide bonds. The summed E-state index contributed by atoms with van der Waals surface area (Å²) in [4.78, 5) is 40.9. The van der Waals surface area contributed by atoms with Gasteiger partial charge in [0.1, 0.15) is 10.3 Å². The molecule has 1 aromatic heterocycles. The van der Waals surface area contributed by atoms with Crippen LogP contribution < -0.4 is 11.1 Å². The summed E-state index contributed by atoms with van der Waals surface area (Å²) in [6, 6.07) is 0. The van der Waals surface area contributed by atoms with Crippen LogP contribution >= 0.6 is 23.1 Å². The number of nitrogens with one attached hydrogen (secondary N) is 1. The molecule has 1 aromatic rings. The highest BCUT2D eigenvalue weighted by Crippen LogP contribution is 2.40. The van der Waals surface area contributed by atoms with Crippen LogP contribution in [0, 0.1) is 5.92 Å². The van der Waals surface area contributed by atoms with E-state index >= 15 is 0 Å². The van der Waals surface area contributed by atoms with E-state index in [-0.39, 0.29) is 17.5 Å². The van der Waals surface area contributed by atoms with E-state index in [1.165, 1.54) is 18.4 Å². The maximum atomic E-state index is 12.3. The highest BCUT2D eigenvalue weighted by molar-refractivity contribution is 8.15. The van der Waals surface area contributed by atoms with Crippen LogP contribution in [0.2, 0.25) is 0 Å². The van der Waals surface area contributed by atoms with E-state index in [4.69, 9.17) is 10.5 Å². The summed E-state index contributed by atoms with van der Waals surface area (Å²) in [5.74, 6) is -0.633. The fourth-order valence-electron chi connectivity index (χ4n) is 3.03. The molecule has 3 rings (SSSR count). The molecular formula is C16H19N3O4S2. The molecule has 0 unspecified atom stereocenters. The summed E-state index contributed by atoms with van der Waals surface area (Å²) in [7, 11) is 1.33. The lowest BCUT2D eigenvalue weighted by Gasteiger charge is -2.18. The molecular weight excluding hydrogens is 362 g/mol. The molecule has 3 N–H and O–H groups in total. The highest BCUT2D eigenvalue weighted by Gasteiger charge is 2.32. The van der Waals surface area contributed by atoms with Gasteiger partial charge in [-0.2, -0.15) is 4.99 Å². The number of nitrogens with zero attached hydrogens (tertiary/aromatic N) is 1. The van der Waals surface area contributed by atoms with E-state index in [0.29, 0.717) is 16.5 Å². The van der Waals surface area contributed by atoms with E-state index in [0.717, 1.165) is 41.5 Å². The van der Waals surface area contributed by atoms with Crippen molar-refractivity contribution in [2.45, 2.75) is 37.9 Å². The largest absolute Gasteiger partial charge is 0.465 e. The van der Waals surface area contributed by atoms with Crippen molar-refractivity contribution in [2.24, 2.45) is 16.6 Å². The van der Waals surface area contributed by atoms with Gasteiger partial charge in [0.05, 0.1) is 12.7 Å². The zero-order valence-electron chi connectivity index (χ0n) is 14.0. The van der Waals surface area contributed by atoms with E-state index in [9.17, 15) is 14.4 Å². The third kappa shape index (κ3) is 3.72. The van der Waals surface area contributed by atoms with Crippen molar-refractivity contribution in [3.05, 3.63) is 16.0 Å². The van der Waals surface area contributed by atoms with E-state index in [1.54, 1.807) is 0 Å². The number of ether oxygens (including phenoxy) is 1. The van der Waals surface area contributed by atoms with Crippen LogP contribution in [0.5, 0.6) is 0 Å². The van der Waals surface area contributed by atoms with E-state index in [2.05, 4.69) is 17.2 Å². The lowest BCUT2D eigenvalue weighted by molar-refractivity contribution is -0.121. The molecule has 1 aliphatic heterocycles. The minimum Gasteiger partial charge on any atom is -0.465 e. The summed E-state index contributed by atoms with van der Waals surface area (Å²) in [6.07, 6.45) is 2.66. The van der Waals surface area contributed by atoms with Gasteiger partial charge in [0.15, 0.2) is 5.17 Å². The molecule has 25 heavy (non-hydrogen) atoms. The molecule has 2 aliphatic rings. The van der Waals surface area contributed by atoms with Crippen molar-refractivity contribution in [2.75, 3.05) is 12.4 Å². The molecule has 2 atom stereocenters. The molecule has 0 fully saturated rings. The van der Waals surface area contributed by atoms with Gasteiger partial charge in [0, 0.05) is 11.3 Å². The number of amides is 2. The Balaban J connectivity index is 1.78. The molecule has 0 bridgehead atoms. The molecule has 0 spiro atoms. The van der Waals surface area contributed by atoms with E-state index in [1.807, 2.05) is 0 Å². The molecule has 0 aromatic carbocycles. The number of hydrogen-bond acceptors (Lipinski definition) is 7. The number of methoxy groups -OCH3 is 1. The van der Waals surface area contributed by atoms with Crippen molar-refractivity contribution in [3.63, 3.8) is 0 Å². The third-order valence-electron chi connectivity index (χ3n) is 4.28. The van der Waals surface area contributed by atoms with Gasteiger partial charge in [-0.25, -0.2) is 4.79 Å². The number of nitrogens with two attached hydrogens (primary N) is 1. The molecule has 0 radical (unpaired) electrons. The number of carbonyl (C=O) groups is 3. The second-order valence-electron chi connectivity index (χ2n) is 6.19. The van der Waals surface area contributed by atoms with Gasteiger partial charge in [0.25, 0.3) is 5.91 Å². The third-order valence-corrected chi connectivity index (χ3v) is 6.44. The Kier molecular flexibility index (Phi) is 5.14. The maximum absolute atomic E-state index is 12.3. The zero-order chi connectivity index (χ0) is 18.1. The zero-order valence-corrected chi connectivity index (χ0v) is 15.6. The number of thioether (sulfide) groups is 1. The summed E-state index contributed by atoms with van der Waals surface area (Å²) in [6.45, 7) is 2.17. The minimum atomic E-state index is -0.601. The standard InChI is InChI=1S/C16H19N3O4S2/c1-7-3-4-8-9(5-7)24-14(12(8)15(22)23-2)18-11(20)6-10-13(21)19-16(17)25-10/h7,10H,3-6H2,1-2H3,(H,18,20)(H2,17,19,21)/t7-,10-/m1/s1. The van der Waals surface area contributed by atoms with Crippen molar-refractivity contribution in [1.29, 1.82) is 0 Å². The Bertz CT molecular complexity index is 772. The monoisotopic (exact) mass is 381 g/mol. The normalized spacial score (nSPS) is 22.3. The smallest absolute Gasteiger partial charge is 0.341 e. The van der Waals surface area contributed by atoms with Crippen LogP contribution in [0.25, 0.3) is 0 Å². The minimum absolute atomic E-state index is 0.0344. The lowest BCUT2D eigenvalue weighted by atomic mass is 9.88. The second-order valence-corrected chi connectivity index (χ2v) is 8.52. The molecule has 7 nitrogen and oxygen atoms in total. The van der Waals surface area contributed by atoms with Gasteiger partial charge in [0.2, 0.25) is 5.91 Å².